The molecule has 1 fully saturated rings. The Morgan fingerprint density at radius 3 is 3.00 bits per heavy atom. The molecule has 0 atom stereocenters. The highest BCUT2D eigenvalue weighted by Crippen LogP contribution is 2.36. The van der Waals surface area contributed by atoms with Crippen molar-refractivity contribution in [2.45, 2.75) is 35.9 Å². The second kappa shape index (κ2) is 6.89. The number of nitrogens with zero attached hydrogens (tertiary/aromatic N) is 6. The minimum Gasteiger partial charge on any atom is -0.338 e. The number of pyridine rings is 1. The van der Waals surface area contributed by atoms with Gasteiger partial charge < -0.3 is 4.52 Å². The van der Waals surface area contributed by atoms with Crippen molar-refractivity contribution in [1.29, 1.82) is 0 Å². The smallest absolute Gasteiger partial charge is 0.237 e. The third-order valence-electron chi connectivity index (χ3n) is 3.53. The predicted molar refractivity (Wildman–Crippen MR) is 93.2 cm³/mol. The number of thioether (sulfide) groups is 1. The maximum atomic E-state index is 11.8. The predicted octanol–water partition coefficient (Wildman–Crippen LogP) is 2.79. The van der Waals surface area contributed by atoms with Crippen LogP contribution in [-0.4, -0.2) is 37.3 Å². The quantitative estimate of drug-likeness (QED) is 0.480. The molecule has 1 saturated carbocycles. The summed E-state index contributed by atoms with van der Waals surface area (Å²) in [5, 5.41) is 12.9. The van der Waals surface area contributed by atoms with Gasteiger partial charge in [-0.15, -0.1) is 10.2 Å². The standard InChI is InChI=1S/C15H14N6O2S2/c1-9(22)21(10-5-6-10)14-18-19-15(25-14)24-8-12-17-13(20-23-12)11-4-2-3-7-16-11/h2-4,7,10H,5-6,8H2,1H3. The van der Waals surface area contributed by atoms with Crippen molar-refractivity contribution >= 4 is 34.1 Å². The maximum Gasteiger partial charge on any atom is 0.237 e. The van der Waals surface area contributed by atoms with Crippen molar-refractivity contribution in [2.24, 2.45) is 0 Å². The lowest BCUT2D eigenvalue weighted by Gasteiger charge is -2.15. The van der Waals surface area contributed by atoms with Gasteiger partial charge in [-0.05, 0) is 25.0 Å². The normalized spacial score (nSPS) is 13.8. The summed E-state index contributed by atoms with van der Waals surface area (Å²) in [5.41, 5.74) is 0.669. The first-order valence-corrected chi connectivity index (χ1v) is 9.51. The molecule has 1 aliphatic rings. The van der Waals surface area contributed by atoms with Crippen LogP contribution in [0.25, 0.3) is 11.5 Å². The first-order chi connectivity index (χ1) is 12.2. The van der Waals surface area contributed by atoms with Crippen LogP contribution in [0.4, 0.5) is 5.13 Å². The molecule has 0 radical (unpaired) electrons. The van der Waals surface area contributed by atoms with Crippen LogP contribution in [0.2, 0.25) is 0 Å². The van der Waals surface area contributed by atoms with Gasteiger partial charge in [0.25, 0.3) is 0 Å². The number of anilines is 1. The van der Waals surface area contributed by atoms with Gasteiger partial charge in [-0.1, -0.05) is 34.3 Å². The van der Waals surface area contributed by atoms with E-state index >= 15 is 0 Å². The van der Waals surface area contributed by atoms with Crippen LogP contribution in [0, 0.1) is 0 Å². The number of aromatic nitrogens is 5. The molecule has 1 amide bonds. The van der Waals surface area contributed by atoms with E-state index in [1.807, 2.05) is 18.2 Å². The summed E-state index contributed by atoms with van der Waals surface area (Å²) in [6, 6.07) is 5.81. The van der Waals surface area contributed by atoms with E-state index < -0.39 is 0 Å². The SMILES string of the molecule is CC(=O)N(c1nnc(SCc2nc(-c3ccccn3)no2)s1)C1CC1. The molecule has 3 aromatic rings. The minimum absolute atomic E-state index is 0.00658. The van der Waals surface area contributed by atoms with Crippen LogP contribution in [0.1, 0.15) is 25.7 Å². The molecule has 3 heterocycles. The second-order valence-corrected chi connectivity index (χ2v) is 7.66. The number of amides is 1. The lowest BCUT2D eigenvalue weighted by molar-refractivity contribution is -0.116. The van der Waals surface area contributed by atoms with Crippen LogP contribution in [0.15, 0.2) is 33.3 Å². The third kappa shape index (κ3) is 3.69. The van der Waals surface area contributed by atoms with Crippen molar-refractivity contribution in [3.8, 4) is 11.5 Å². The molecule has 10 heteroatoms. The fourth-order valence-electron chi connectivity index (χ4n) is 2.27. The summed E-state index contributed by atoms with van der Waals surface area (Å²) in [7, 11) is 0. The Morgan fingerprint density at radius 2 is 2.28 bits per heavy atom. The Balaban J connectivity index is 1.41. The monoisotopic (exact) mass is 374 g/mol. The number of hydrogen-bond acceptors (Lipinski definition) is 9. The minimum atomic E-state index is 0.00658. The number of carbonyl (C=O) groups excluding carboxylic acids is 1. The molecule has 4 rings (SSSR count). The summed E-state index contributed by atoms with van der Waals surface area (Å²) in [6.07, 6.45) is 3.74. The van der Waals surface area contributed by atoms with Gasteiger partial charge in [0.1, 0.15) is 5.69 Å². The van der Waals surface area contributed by atoms with Crippen molar-refractivity contribution < 1.29 is 9.32 Å². The molecule has 0 saturated heterocycles. The van der Waals surface area contributed by atoms with Gasteiger partial charge in [-0.3, -0.25) is 14.7 Å². The zero-order valence-corrected chi connectivity index (χ0v) is 15.0. The Kier molecular flexibility index (Phi) is 4.45. The first-order valence-electron chi connectivity index (χ1n) is 7.71. The lowest BCUT2D eigenvalue weighted by atomic mass is 10.3. The largest absolute Gasteiger partial charge is 0.338 e. The molecule has 0 spiro atoms. The highest BCUT2D eigenvalue weighted by atomic mass is 32.2. The summed E-state index contributed by atoms with van der Waals surface area (Å²) >= 11 is 2.86. The lowest BCUT2D eigenvalue weighted by Crippen LogP contribution is -2.30. The Labute approximate surface area is 151 Å². The van der Waals surface area contributed by atoms with E-state index in [9.17, 15) is 4.79 Å². The molecule has 0 aromatic carbocycles. The maximum absolute atomic E-state index is 11.8. The summed E-state index contributed by atoms with van der Waals surface area (Å²) in [6.45, 7) is 1.56. The number of hydrogen-bond donors (Lipinski definition) is 0. The van der Waals surface area contributed by atoms with Crippen LogP contribution >= 0.6 is 23.1 Å². The zero-order chi connectivity index (χ0) is 17.2. The zero-order valence-electron chi connectivity index (χ0n) is 13.3. The van der Waals surface area contributed by atoms with Gasteiger partial charge in [0, 0.05) is 19.2 Å². The van der Waals surface area contributed by atoms with Gasteiger partial charge >= 0.3 is 0 Å². The van der Waals surface area contributed by atoms with E-state index in [0.29, 0.717) is 28.3 Å². The Morgan fingerprint density at radius 1 is 1.40 bits per heavy atom. The van der Waals surface area contributed by atoms with Crippen molar-refractivity contribution in [1.82, 2.24) is 25.3 Å². The summed E-state index contributed by atoms with van der Waals surface area (Å²) in [5.74, 6) is 1.45. The second-order valence-electron chi connectivity index (χ2n) is 5.49. The van der Waals surface area contributed by atoms with E-state index in [2.05, 4.69) is 25.3 Å². The van der Waals surface area contributed by atoms with Gasteiger partial charge in [-0.2, -0.15) is 4.98 Å². The van der Waals surface area contributed by atoms with Gasteiger partial charge in [0.15, 0.2) is 4.34 Å². The first kappa shape index (κ1) is 16.2. The molecular weight excluding hydrogens is 360 g/mol. The van der Waals surface area contributed by atoms with Crippen molar-refractivity contribution in [3.63, 3.8) is 0 Å². The van der Waals surface area contributed by atoms with Crippen molar-refractivity contribution in [2.75, 3.05) is 4.90 Å². The molecular formula is C15H14N6O2S2. The van der Waals surface area contributed by atoms with Crippen molar-refractivity contribution in [3.05, 3.63) is 30.3 Å². The molecule has 0 unspecified atom stereocenters. The average Bonchev–Trinajstić information content (AvgIpc) is 3.14. The van der Waals surface area contributed by atoms with Crippen LogP contribution in [0.5, 0.6) is 0 Å². The Hall–Kier alpha value is -2.33. The molecule has 0 aliphatic heterocycles. The highest BCUT2D eigenvalue weighted by molar-refractivity contribution is 8.00. The molecule has 1 aliphatic carbocycles. The van der Waals surface area contributed by atoms with Crippen LogP contribution < -0.4 is 4.90 Å². The van der Waals surface area contributed by atoms with E-state index in [0.717, 1.165) is 17.2 Å². The van der Waals surface area contributed by atoms with E-state index in [-0.39, 0.29) is 11.9 Å². The van der Waals surface area contributed by atoms with Crippen LogP contribution in [0.3, 0.4) is 0 Å². The number of rotatable bonds is 6. The molecule has 0 N–H and O–H groups in total. The van der Waals surface area contributed by atoms with E-state index in [1.54, 1.807) is 18.0 Å². The highest BCUT2D eigenvalue weighted by Gasteiger charge is 2.34. The molecule has 0 bridgehead atoms. The summed E-state index contributed by atoms with van der Waals surface area (Å²) < 4.78 is 6.01. The van der Waals surface area contributed by atoms with E-state index in [1.165, 1.54) is 23.1 Å². The van der Waals surface area contributed by atoms with Gasteiger partial charge in [0.05, 0.1) is 5.75 Å². The molecule has 128 valence electrons. The Bertz CT molecular complexity index is 877. The van der Waals surface area contributed by atoms with Gasteiger partial charge in [-0.25, -0.2) is 0 Å². The molecule has 3 aromatic heterocycles. The van der Waals surface area contributed by atoms with Crippen LogP contribution in [-0.2, 0) is 10.5 Å². The number of carbonyl (C=O) groups is 1. The summed E-state index contributed by atoms with van der Waals surface area (Å²) in [4.78, 5) is 22.0. The van der Waals surface area contributed by atoms with E-state index in [4.69, 9.17) is 4.52 Å². The fraction of sp³-hybridized carbons (Fsp3) is 0.333. The fourth-order valence-corrected chi connectivity index (χ4v) is 4.07. The third-order valence-corrected chi connectivity index (χ3v) is 5.57. The van der Waals surface area contributed by atoms with Gasteiger partial charge in [0.2, 0.25) is 22.8 Å². The molecule has 8 nitrogen and oxygen atoms in total. The molecule has 25 heavy (non-hydrogen) atoms. The topological polar surface area (TPSA) is 97.9 Å². The average molecular weight is 374 g/mol.